The Hall–Kier alpha value is -3.27. The third-order valence-electron chi connectivity index (χ3n) is 7.73. The van der Waals surface area contributed by atoms with Crippen molar-refractivity contribution in [3.05, 3.63) is 70.4 Å². The zero-order chi connectivity index (χ0) is 27.7. The maximum Gasteiger partial charge on any atom is 0.258 e. The molecule has 0 unspecified atom stereocenters. The Morgan fingerprint density at radius 1 is 1.10 bits per heavy atom. The number of nitrogens with zero attached hydrogens (tertiary/aromatic N) is 4. The molecule has 1 atom stereocenters. The van der Waals surface area contributed by atoms with Gasteiger partial charge in [0.1, 0.15) is 12.5 Å². The van der Waals surface area contributed by atoms with Crippen molar-refractivity contribution < 1.29 is 9.53 Å². The number of ether oxygens (including phenoxy) is 1. The molecule has 9 heteroatoms. The van der Waals surface area contributed by atoms with E-state index in [1.54, 1.807) is 31.4 Å². The highest BCUT2D eigenvalue weighted by Gasteiger charge is 2.25. The molecule has 1 aliphatic heterocycles. The molecule has 8 nitrogen and oxygen atoms in total. The van der Waals surface area contributed by atoms with Crippen molar-refractivity contribution in [3.8, 4) is 0 Å². The van der Waals surface area contributed by atoms with Crippen LogP contribution in [0.2, 0.25) is 25.7 Å². The van der Waals surface area contributed by atoms with Crippen molar-refractivity contribution in [2.75, 3.05) is 25.5 Å². The van der Waals surface area contributed by atoms with Gasteiger partial charge in [-0.05, 0) is 68.2 Å². The van der Waals surface area contributed by atoms with Crippen LogP contribution in [0, 0.1) is 0 Å². The molecule has 1 amide bonds. The Kier molecular flexibility index (Phi) is 7.75. The Morgan fingerprint density at radius 3 is 2.69 bits per heavy atom. The van der Waals surface area contributed by atoms with Gasteiger partial charge < -0.3 is 19.2 Å². The summed E-state index contributed by atoms with van der Waals surface area (Å²) in [6.45, 7) is 9.39. The van der Waals surface area contributed by atoms with Crippen LogP contribution in [0.1, 0.15) is 41.4 Å². The zero-order valence-corrected chi connectivity index (χ0v) is 24.7. The number of piperidine rings is 1. The van der Waals surface area contributed by atoms with Crippen LogP contribution in [0.3, 0.4) is 0 Å². The predicted octanol–water partition coefficient (Wildman–Crippen LogP) is 5.61. The number of anilines is 1. The molecule has 1 saturated heterocycles. The summed E-state index contributed by atoms with van der Waals surface area (Å²) in [6, 6.07) is 12.6. The normalized spacial score (nSPS) is 16.7. The molecule has 0 aliphatic carbocycles. The molecule has 0 radical (unpaired) electrons. The minimum Gasteiger partial charge on any atom is -0.361 e. The number of carbonyl (C=O) groups is 1. The van der Waals surface area contributed by atoms with E-state index in [9.17, 15) is 9.59 Å². The molecular weight excluding hydrogens is 506 g/mol. The highest BCUT2D eigenvalue weighted by molar-refractivity contribution is 6.76. The minimum absolute atomic E-state index is 0.0844. The number of amides is 1. The van der Waals surface area contributed by atoms with Crippen LogP contribution in [0.5, 0.6) is 0 Å². The monoisotopic (exact) mass is 545 g/mol. The first-order valence-corrected chi connectivity index (χ1v) is 17.5. The summed E-state index contributed by atoms with van der Waals surface area (Å²) in [5, 5.41) is 5.32. The second-order valence-corrected chi connectivity index (χ2v) is 17.6. The minimum atomic E-state index is -1.19. The lowest BCUT2D eigenvalue weighted by molar-refractivity contribution is 0.0820. The van der Waals surface area contributed by atoms with Crippen LogP contribution in [-0.2, 0) is 18.5 Å². The van der Waals surface area contributed by atoms with Gasteiger partial charge in [0, 0.05) is 68.3 Å². The number of benzene rings is 1. The quantitative estimate of drug-likeness (QED) is 0.230. The van der Waals surface area contributed by atoms with E-state index in [1.165, 1.54) is 23.1 Å². The molecule has 3 aromatic heterocycles. The fourth-order valence-corrected chi connectivity index (χ4v) is 6.08. The fraction of sp³-hybridized carbons (Fsp3) is 0.433. The average Bonchev–Trinajstić information content (AvgIpc) is 3.25. The molecule has 206 valence electrons. The number of hydrogen-bond acceptors (Lipinski definition) is 5. The van der Waals surface area contributed by atoms with Gasteiger partial charge in [-0.15, -0.1) is 0 Å². The van der Waals surface area contributed by atoms with Gasteiger partial charge in [0.05, 0.1) is 5.52 Å². The molecule has 4 aromatic rings. The number of nitrogens with one attached hydrogen (secondary N) is 1. The van der Waals surface area contributed by atoms with E-state index in [-0.39, 0.29) is 11.5 Å². The number of likely N-dealkylation sites (tertiary alicyclic amines) is 1. The van der Waals surface area contributed by atoms with Gasteiger partial charge in [-0.25, -0.2) is 4.98 Å². The Bertz CT molecular complexity index is 1570. The van der Waals surface area contributed by atoms with Gasteiger partial charge in [0.2, 0.25) is 0 Å². The average molecular weight is 546 g/mol. The van der Waals surface area contributed by atoms with Gasteiger partial charge in [-0.3, -0.25) is 14.5 Å². The first-order chi connectivity index (χ1) is 18.6. The lowest BCUT2D eigenvalue weighted by Crippen LogP contribution is -2.31. The van der Waals surface area contributed by atoms with Crippen LogP contribution in [0.4, 0.5) is 5.82 Å². The standard InChI is InChI=1S/C30H39N5O3Si/c1-33-12-7-6-8-25(33)27-17-23-19-31-28(18-26(23)35(27)20-38-14-15-39(3,4)5)32-29(36)22-9-10-24-21(16-22)11-13-34(2)30(24)37/h9-11,13,16-19,25H,6-8,12,14-15,20H2,1-5H3,(H,31,32,36)/t25-/m1/s1. The summed E-state index contributed by atoms with van der Waals surface area (Å²) in [7, 11) is 2.72. The molecule has 4 heterocycles. The number of fused-ring (bicyclic) bond motifs is 2. The van der Waals surface area contributed by atoms with Gasteiger partial charge in [0.25, 0.3) is 11.5 Å². The number of rotatable bonds is 8. The summed E-state index contributed by atoms with van der Waals surface area (Å²) < 4.78 is 10.0. The molecule has 1 fully saturated rings. The second-order valence-electron chi connectivity index (χ2n) is 12.0. The third-order valence-corrected chi connectivity index (χ3v) is 9.43. The summed E-state index contributed by atoms with van der Waals surface area (Å²) in [6.07, 6.45) is 7.10. The number of pyridine rings is 2. The van der Waals surface area contributed by atoms with Crippen LogP contribution in [0.15, 0.2) is 53.6 Å². The maximum absolute atomic E-state index is 13.2. The molecule has 0 saturated carbocycles. The highest BCUT2D eigenvalue weighted by atomic mass is 28.3. The summed E-state index contributed by atoms with van der Waals surface area (Å²) in [5.41, 5.74) is 2.64. The summed E-state index contributed by atoms with van der Waals surface area (Å²) >= 11 is 0. The van der Waals surface area contributed by atoms with E-state index in [0.29, 0.717) is 29.5 Å². The molecule has 1 N–H and O–H groups in total. The number of carbonyl (C=O) groups excluding carboxylic acids is 1. The van der Waals surface area contributed by atoms with Crippen molar-refractivity contribution >= 4 is 41.5 Å². The van der Waals surface area contributed by atoms with Gasteiger partial charge >= 0.3 is 0 Å². The van der Waals surface area contributed by atoms with E-state index in [4.69, 9.17) is 4.74 Å². The van der Waals surface area contributed by atoms with E-state index in [1.807, 2.05) is 18.3 Å². The number of hydrogen-bond donors (Lipinski definition) is 1. The largest absolute Gasteiger partial charge is 0.361 e. The van der Waals surface area contributed by atoms with Crippen LogP contribution in [0.25, 0.3) is 21.7 Å². The molecule has 0 bridgehead atoms. The summed E-state index contributed by atoms with van der Waals surface area (Å²) in [5.74, 6) is 0.225. The first-order valence-electron chi connectivity index (χ1n) is 13.8. The Labute approximate surface area is 230 Å². The van der Waals surface area contributed by atoms with E-state index < -0.39 is 8.07 Å². The first kappa shape index (κ1) is 27.3. The summed E-state index contributed by atoms with van der Waals surface area (Å²) in [4.78, 5) is 32.5. The lowest BCUT2D eigenvalue weighted by Gasteiger charge is -2.33. The molecule has 0 spiro atoms. The van der Waals surface area contributed by atoms with E-state index in [0.717, 1.165) is 41.9 Å². The van der Waals surface area contributed by atoms with Crippen molar-refractivity contribution in [3.63, 3.8) is 0 Å². The highest BCUT2D eigenvalue weighted by Crippen LogP contribution is 2.34. The number of aryl methyl sites for hydroxylation is 1. The topological polar surface area (TPSA) is 81.4 Å². The maximum atomic E-state index is 13.2. The second kappa shape index (κ2) is 11.1. The fourth-order valence-electron chi connectivity index (χ4n) is 5.32. The molecular formula is C30H39N5O3Si. The zero-order valence-electron chi connectivity index (χ0n) is 23.7. The smallest absolute Gasteiger partial charge is 0.258 e. The van der Waals surface area contributed by atoms with Gasteiger partial charge in [0.15, 0.2) is 0 Å². The van der Waals surface area contributed by atoms with Crippen LogP contribution < -0.4 is 10.9 Å². The Balaban J connectivity index is 1.43. The SMILES string of the molecule is CN1CCCC[C@@H]1c1cc2cnc(NC(=O)c3ccc4c(=O)n(C)ccc4c3)cc2n1COCC[Si](C)(C)C. The van der Waals surface area contributed by atoms with Gasteiger partial charge in [-0.1, -0.05) is 26.1 Å². The Morgan fingerprint density at radius 2 is 1.92 bits per heavy atom. The third kappa shape index (κ3) is 6.00. The van der Waals surface area contributed by atoms with Crippen molar-refractivity contribution in [2.24, 2.45) is 7.05 Å². The van der Waals surface area contributed by atoms with Crippen molar-refractivity contribution in [1.29, 1.82) is 0 Å². The van der Waals surface area contributed by atoms with Crippen LogP contribution >= 0.6 is 0 Å². The molecule has 1 aromatic carbocycles. The van der Waals surface area contributed by atoms with Crippen molar-refractivity contribution in [1.82, 2.24) is 19.0 Å². The van der Waals surface area contributed by atoms with Gasteiger partial charge in [-0.2, -0.15) is 0 Å². The molecule has 1 aliphatic rings. The predicted molar refractivity (Wildman–Crippen MR) is 160 cm³/mol. The number of aromatic nitrogens is 3. The molecule has 39 heavy (non-hydrogen) atoms. The van der Waals surface area contributed by atoms with Crippen LogP contribution in [-0.4, -0.2) is 53.2 Å². The lowest BCUT2D eigenvalue weighted by atomic mass is 10.00. The van der Waals surface area contributed by atoms with E-state index >= 15 is 0 Å². The van der Waals surface area contributed by atoms with E-state index in [2.05, 4.69) is 52.5 Å². The molecule has 5 rings (SSSR count). The van der Waals surface area contributed by atoms with Crippen molar-refractivity contribution in [2.45, 2.75) is 57.7 Å².